The summed E-state index contributed by atoms with van der Waals surface area (Å²) < 4.78 is 3.48. The summed E-state index contributed by atoms with van der Waals surface area (Å²) in [6, 6.07) is 19.7. The molecule has 0 atom stereocenters. The molecule has 2 aromatic carbocycles. The highest BCUT2D eigenvalue weighted by Gasteiger charge is 2.15. The van der Waals surface area contributed by atoms with Crippen molar-refractivity contribution >= 4 is 51.5 Å². The highest BCUT2D eigenvalue weighted by atomic mass is 32.1. The van der Waals surface area contributed by atoms with Gasteiger partial charge in [0.15, 0.2) is 5.82 Å². The molecule has 37 heavy (non-hydrogen) atoms. The molecule has 6 aromatic rings. The fraction of sp³-hybridized carbons (Fsp3) is 0. The summed E-state index contributed by atoms with van der Waals surface area (Å²) in [4.78, 5) is 29.8. The second kappa shape index (κ2) is 9.37. The van der Waals surface area contributed by atoms with E-state index in [0.29, 0.717) is 32.1 Å². The van der Waals surface area contributed by atoms with E-state index in [0.717, 1.165) is 10.6 Å². The van der Waals surface area contributed by atoms with Gasteiger partial charge in [-0.3, -0.25) is 14.9 Å². The monoisotopic (exact) mass is 524 g/mol. The number of para-hydroxylation sites is 1. The number of hydrogen-bond donors (Lipinski definition) is 0. The van der Waals surface area contributed by atoms with Crippen LogP contribution in [0.15, 0.2) is 83.1 Å². The molecule has 0 aliphatic heterocycles. The van der Waals surface area contributed by atoms with E-state index >= 15 is 0 Å². The Bertz CT molecular complexity index is 1870. The standard InChI is InChI=1S/C26H16N6O3S2/c33-25-22(37-26-27-23(28-31(25)26)13-12-21-7-4-14-36-21)15-18-16-30(19-5-2-1-3-6-19)29-24(18)17-8-10-20(11-9-17)32(34)35/h1-16H/b13-12+,22-15-. The first kappa shape index (κ1) is 22.7. The zero-order chi connectivity index (χ0) is 25.4. The van der Waals surface area contributed by atoms with Crippen LogP contribution in [-0.4, -0.2) is 29.3 Å². The summed E-state index contributed by atoms with van der Waals surface area (Å²) in [6.07, 6.45) is 7.28. The lowest BCUT2D eigenvalue weighted by Crippen LogP contribution is -2.23. The highest BCUT2D eigenvalue weighted by Crippen LogP contribution is 2.26. The van der Waals surface area contributed by atoms with E-state index in [1.165, 1.54) is 28.0 Å². The molecule has 0 aliphatic carbocycles. The molecule has 0 aliphatic rings. The first-order chi connectivity index (χ1) is 18.0. The van der Waals surface area contributed by atoms with Crippen LogP contribution in [0.2, 0.25) is 0 Å². The second-order valence-corrected chi connectivity index (χ2v) is 9.93. The van der Waals surface area contributed by atoms with E-state index in [2.05, 4.69) is 10.1 Å². The Morgan fingerprint density at radius 1 is 0.946 bits per heavy atom. The smallest absolute Gasteiger partial charge is 0.266 e. The number of nitrogens with zero attached hydrogens (tertiary/aromatic N) is 6. The van der Waals surface area contributed by atoms with E-state index in [9.17, 15) is 14.9 Å². The summed E-state index contributed by atoms with van der Waals surface area (Å²) in [6.45, 7) is 0. The molecule has 6 rings (SSSR count). The van der Waals surface area contributed by atoms with Crippen molar-refractivity contribution in [2.75, 3.05) is 0 Å². The van der Waals surface area contributed by atoms with Gasteiger partial charge >= 0.3 is 0 Å². The number of rotatable bonds is 6. The maximum absolute atomic E-state index is 13.1. The van der Waals surface area contributed by atoms with Crippen molar-refractivity contribution in [2.45, 2.75) is 0 Å². The number of non-ortho nitro benzene ring substituents is 1. The summed E-state index contributed by atoms with van der Waals surface area (Å²) in [5, 5.41) is 22.2. The number of nitro benzene ring substituents is 1. The lowest BCUT2D eigenvalue weighted by molar-refractivity contribution is -0.384. The van der Waals surface area contributed by atoms with Gasteiger partial charge in [0.05, 0.1) is 15.1 Å². The number of hydrogen-bond acceptors (Lipinski definition) is 8. The number of fused-ring (bicyclic) bond motifs is 1. The Hall–Kier alpha value is -4.74. The molecule has 0 saturated heterocycles. The van der Waals surface area contributed by atoms with Crippen molar-refractivity contribution in [3.05, 3.63) is 120 Å². The quantitative estimate of drug-likeness (QED) is 0.231. The molecule has 0 amide bonds. The second-order valence-electron chi connectivity index (χ2n) is 7.95. The Morgan fingerprint density at radius 2 is 1.76 bits per heavy atom. The number of aromatic nitrogens is 5. The third kappa shape index (κ3) is 4.48. The summed E-state index contributed by atoms with van der Waals surface area (Å²) in [7, 11) is 0. The van der Waals surface area contributed by atoms with Crippen molar-refractivity contribution in [2.24, 2.45) is 0 Å². The van der Waals surface area contributed by atoms with Crippen molar-refractivity contribution < 1.29 is 4.92 Å². The molecule has 0 bridgehead atoms. The van der Waals surface area contributed by atoms with Crippen LogP contribution in [0.4, 0.5) is 5.69 Å². The van der Waals surface area contributed by atoms with Crippen LogP contribution >= 0.6 is 22.7 Å². The normalized spacial score (nSPS) is 12.2. The predicted molar refractivity (Wildman–Crippen MR) is 145 cm³/mol. The zero-order valence-electron chi connectivity index (χ0n) is 19.0. The SMILES string of the molecule is O=c1/c(=C/c2cn(-c3ccccc3)nc2-c2ccc([N+](=O)[O-])cc2)sc2nc(/C=C/c3cccs3)nn12. The Kier molecular flexibility index (Phi) is 5.75. The molecule has 0 fully saturated rings. The molecular weight excluding hydrogens is 508 g/mol. The van der Waals surface area contributed by atoms with Crippen molar-refractivity contribution in [3.63, 3.8) is 0 Å². The largest absolute Gasteiger partial charge is 0.291 e. The number of thiophene rings is 1. The summed E-state index contributed by atoms with van der Waals surface area (Å²) >= 11 is 2.85. The molecular formula is C26H16N6O3S2. The van der Waals surface area contributed by atoms with Gasteiger partial charge in [-0.2, -0.15) is 14.6 Å². The average molecular weight is 525 g/mol. The van der Waals surface area contributed by atoms with Gasteiger partial charge < -0.3 is 0 Å². The van der Waals surface area contributed by atoms with E-state index < -0.39 is 4.92 Å². The Balaban J connectivity index is 1.43. The minimum absolute atomic E-state index is 0.00639. The topological polar surface area (TPSA) is 108 Å². The molecule has 0 unspecified atom stereocenters. The maximum Gasteiger partial charge on any atom is 0.291 e. The van der Waals surface area contributed by atoms with Crippen LogP contribution in [0.5, 0.6) is 0 Å². The number of benzene rings is 2. The molecule has 0 saturated carbocycles. The van der Waals surface area contributed by atoms with Crippen LogP contribution in [0.25, 0.3) is 40.1 Å². The van der Waals surface area contributed by atoms with Gasteiger partial charge in [0.25, 0.3) is 11.2 Å². The molecule has 4 aromatic heterocycles. The lowest BCUT2D eigenvalue weighted by atomic mass is 10.1. The van der Waals surface area contributed by atoms with E-state index in [4.69, 9.17) is 5.10 Å². The lowest BCUT2D eigenvalue weighted by Gasteiger charge is -2.00. The van der Waals surface area contributed by atoms with Crippen molar-refractivity contribution in [3.8, 4) is 16.9 Å². The van der Waals surface area contributed by atoms with Crippen LogP contribution in [0.3, 0.4) is 0 Å². The highest BCUT2D eigenvalue weighted by molar-refractivity contribution is 7.15. The van der Waals surface area contributed by atoms with Crippen LogP contribution in [-0.2, 0) is 0 Å². The summed E-state index contributed by atoms with van der Waals surface area (Å²) in [5.41, 5.74) is 2.55. The molecule has 0 spiro atoms. The minimum atomic E-state index is -0.443. The van der Waals surface area contributed by atoms with E-state index in [-0.39, 0.29) is 11.2 Å². The van der Waals surface area contributed by atoms with Crippen molar-refractivity contribution in [1.82, 2.24) is 24.4 Å². The van der Waals surface area contributed by atoms with Crippen LogP contribution < -0.4 is 10.1 Å². The van der Waals surface area contributed by atoms with Crippen molar-refractivity contribution in [1.29, 1.82) is 0 Å². The van der Waals surface area contributed by atoms with Gasteiger partial charge in [-0.15, -0.1) is 16.4 Å². The molecule has 9 nitrogen and oxygen atoms in total. The average Bonchev–Trinajstić information content (AvgIpc) is 3.70. The molecule has 11 heteroatoms. The molecule has 0 radical (unpaired) electrons. The van der Waals surface area contributed by atoms with Gasteiger partial charge in [-0.05, 0) is 53.9 Å². The minimum Gasteiger partial charge on any atom is -0.266 e. The molecule has 4 heterocycles. The van der Waals surface area contributed by atoms with E-state index in [1.54, 1.807) is 40.3 Å². The molecule has 180 valence electrons. The van der Waals surface area contributed by atoms with E-state index in [1.807, 2.05) is 60.1 Å². The maximum atomic E-state index is 13.1. The van der Waals surface area contributed by atoms with Gasteiger partial charge in [-0.25, -0.2) is 4.68 Å². The first-order valence-electron chi connectivity index (χ1n) is 11.1. The van der Waals surface area contributed by atoms with Gasteiger partial charge in [0.2, 0.25) is 4.96 Å². The van der Waals surface area contributed by atoms with Crippen LogP contribution in [0, 0.1) is 10.1 Å². The summed E-state index contributed by atoms with van der Waals surface area (Å²) in [5.74, 6) is 0.465. The van der Waals surface area contributed by atoms with Gasteiger partial charge in [0, 0.05) is 34.3 Å². The fourth-order valence-electron chi connectivity index (χ4n) is 3.77. The third-order valence-corrected chi connectivity index (χ3v) is 7.34. The Morgan fingerprint density at radius 3 is 2.46 bits per heavy atom. The van der Waals surface area contributed by atoms with Crippen LogP contribution in [0.1, 0.15) is 16.3 Å². The Labute approximate surface area is 217 Å². The number of thiazole rings is 1. The fourth-order valence-corrected chi connectivity index (χ4v) is 5.30. The first-order valence-corrected chi connectivity index (χ1v) is 12.8. The molecule has 0 N–H and O–H groups in total. The zero-order valence-corrected chi connectivity index (χ0v) is 20.6. The van der Waals surface area contributed by atoms with Gasteiger partial charge in [0.1, 0.15) is 5.69 Å². The number of nitro groups is 1. The third-order valence-electron chi connectivity index (χ3n) is 5.54. The predicted octanol–water partition coefficient (Wildman–Crippen LogP) is 4.69. The van der Waals surface area contributed by atoms with Gasteiger partial charge in [-0.1, -0.05) is 35.6 Å².